The van der Waals surface area contributed by atoms with Crippen LogP contribution in [0.4, 0.5) is 0 Å². The van der Waals surface area contributed by atoms with Gasteiger partial charge in [-0.1, -0.05) is 0 Å². The van der Waals surface area contributed by atoms with E-state index in [4.69, 9.17) is 4.74 Å². The fraction of sp³-hybridized carbons (Fsp3) is 0.556. The van der Waals surface area contributed by atoms with Gasteiger partial charge in [-0.25, -0.2) is 4.98 Å². The molecule has 70 valence electrons. The molecule has 13 heavy (non-hydrogen) atoms. The highest BCUT2D eigenvalue weighted by molar-refractivity contribution is 5.71. The van der Waals surface area contributed by atoms with Gasteiger partial charge < -0.3 is 9.72 Å². The lowest BCUT2D eigenvalue weighted by atomic mass is 10.1. The molecule has 1 aliphatic heterocycles. The zero-order chi connectivity index (χ0) is 9.10. The van der Waals surface area contributed by atoms with Gasteiger partial charge in [-0.2, -0.15) is 0 Å². The highest BCUT2D eigenvalue weighted by atomic mass is 16.5. The lowest BCUT2D eigenvalue weighted by Crippen LogP contribution is -2.12. The minimum absolute atomic E-state index is 0.0578. The first-order chi connectivity index (χ1) is 6.40. The van der Waals surface area contributed by atoms with E-state index in [0.717, 1.165) is 31.6 Å². The van der Waals surface area contributed by atoms with Crippen LogP contribution in [0, 0.1) is 0 Å². The smallest absolute Gasteiger partial charge is 0.167 e. The van der Waals surface area contributed by atoms with Crippen LogP contribution >= 0.6 is 0 Å². The van der Waals surface area contributed by atoms with Crippen LogP contribution in [0.3, 0.4) is 0 Å². The van der Waals surface area contributed by atoms with Gasteiger partial charge in [0, 0.05) is 6.61 Å². The van der Waals surface area contributed by atoms with Crippen molar-refractivity contribution in [3.05, 3.63) is 17.7 Å². The molecule has 0 bridgehead atoms. The van der Waals surface area contributed by atoms with Gasteiger partial charge in [0.25, 0.3) is 0 Å². The van der Waals surface area contributed by atoms with Gasteiger partial charge >= 0.3 is 0 Å². The van der Waals surface area contributed by atoms with Crippen LogP contribution in [0.25, 0.3) is 0 Å². The number of carbonyl (C=O) groups excluding carboxylic acids is 1. The molecular formula is C9H12N2O2. The average molecular weight is 180 g/mol. The minimum atomic E-state index is 0.0578. The monoisotopic (exact) mass is 180 g/mol. The maximum absolute atomic E-state index is 10.4. The Hall–Kier alpha value is -1.16. The maximum atomic E-state index is 10.4. The molecule has 0 radical (unpaired) electrons. The minimum Gasteiger partial charge on any atom is -0.370 e. The van der Waals surface area contributed by atoms with Crippen molar-refractivity contribution in [2.75, 3.05) is 6.61 Å². The summed E-state index contributed by atoms with van der Waals surface area (Å²) in [6.45, 7) is 0.793. The summed E-state index contributed by atoms with van der Waals surface area (Å²) in [4.78, 5) is 17.4. The Morgan fingerprint density at radius 3 is 3.15 bits per heavy atom. The van der Waals surface area contributed by atoms with E-state index in [-0.39, 0.29) is 6.10 Å². The molecule has 1 fully saturated rings. The molecule has 1 unspecified atom stereocenters. The first-order valence-electron chi connectivity index (χ1n) is 4.52. The third kappa shape index (κ3) is 1.78. The summed E-state index contributed by atoms with van der Waals surface area (Å²) in [5.74, 6) is 0.779. The second-order valence-corrected chi connectivity index (χ2v) is 3.20. The summed E-state index contributed by atoms with van der Waals surface area (Å²) in [5, 5.41) is 0. The molecule has 1 aromatic heterocycles. The molecule has 4 nitrogen and oxygen atoms in total. The number of ether oxygens (including phenoxy) is 1. The molecule has 2 heterocycles. The van der Waals surface area contributed by atoms with E-state index in [1.807, 2.05) is 0 Å². The molecule has 1 saturated heterocycles. The Labute approximate surface area is 76.3 Å². The second kappa shape index (κ2) is 3.70. The molecule has 1 atom stereocenters. The van der Waals surface area contributed by atoms with E-state index in [1.54, 1.807) is 6.20 Å². The number of H-pyrrole nitrogens is 1. The molecule has 0 amide bonds. The summed E-state index contributed by atoms with van der Waals surface area (Å²) in [6.07, 6.45) is 5.65. The van der Waals surface area contributed by atoms with Gasteiger partial charge in [0.15, 0.2) is 6.29 Å². The standard InChI is InChI=1S/C9H12N2O2/c12-6-7-5-10-9(11-7)8-3-1-2-4-13-8/h5-6,8H,1-4H2,(H,10,11). The predicted molar refractivity (Wildman–Crippen MR) is 46.5 cm³/mol. The summed E-state index contributed by atoms with van der Waals surface area (Å²) in [6, 6.07) is 0. The van der Waals surface area contributed by atoms with E-state index >= 15 is 0 Å². The molecule has 2 rings (SSSR count). The van der Waals surface area contributed by atoms with E-state index in [1.165, 1.54) is 6.42 Å². The van der Waals surface area contributed by atoms with Crippen molar-refractivity contribution < 1.29 is 9.53 Å². The van der Waals surface area contributed by atoms with Crippen molar-refractivity contribution in [2.45, 2.75) is 25.4 Å². The SMILES string of the molecule is O=Cc1cnc(C2CCCCO2)[nH]1. The third-order valence-electron chi connectivity index (χ3n) is 2.23. The van der Waals surface area contributed by atoms with Crippen molar-refractivity contribution in [1.82, 2.24) is 9.97 Å². The molecule has 0 aliphatic carbocycles. The first kappa shape index (κ1) is 8.44. The van der Waals surface area contributed by atoms with Gasteiger partial charge in [-0.3, -0.25) is 4.79 Å². The van der Waals surface area contributed by atoms with Gasteiger partial charge in [-0.15, -0.1) is 0 Å². The molecule has 0 saturated carbocycles. The van der Waals surface area contributed by atoms with E-state index in [0.29, 0.717) is 5.69 Å². The second-order valence-electron chi connectivity index (χ2n) is 3.20. The van der Waals surface area contributed by atoms with Gasteiger partial charge in [0.2, 0.25) is 0 Å². The number of aromatic nitrogens is 2. The van der Waals surface area contributed by atoms with E-state index in [2.05, 4.69) is 9.97 Å². The Balaban J connectivity index is 2.09. The van der Waals surface area contributed by atoms with Crippen LogP contribution in [0.5, 0.6) is 0 Å². The maximum Gasteiger partial charge on any atom is 0.167 e. The quantitative estimate of drug-likeness (QED) is 0.701. The number of nitrogens with zero attached hydrogens (tertiary/aromatic N) is 1. The third-order valence-corrected chi connectivity index (χ3v) is 2.23. The highest BCUT2D eigenvalue weighted by Crippen LogP contribution is 2.25. The van der Waals surface area contributed by atoms with Crippen LogP contribution in [0.15, 0.2) is 6.20 Å². The molecule has 0 aromatic carbocycles. The van der Waals surface area contributed by atoms with Crippen LogP contribution in [-0.2, 0) is 4.74 Å². The fourth-order valence-electron chi connectivity index (χ4n) is 1.53. The van der Waals surface area contributed by atoms with Crippen molar-refractivity contribution >= 4 is 6.29 Å². The largest absolute Gasteiger partial charge is 0.370 e. The number of aromatic amines is 1. The van der Waals surface area contributed by atoms with Crippen molar-refractivity contribution in [1.29, 1.82) is 0 Å². The Morgan fingerprint density at radius 1 is 1.62 bits per heavy atom. The first-order valence-corrected chi connectivity index (χ1v) is 4.52. The van der Waals surface area contributed by atoms with Gasteiger partial charge in [-0.05, 0) is 19.3 Å². The molecule has 4 heteroatoms. The Kier molecular flexibility index (Phi) is 2.40. The zero-order valence-electron chi connectivity index (χ0n) is 7.32. The number of hydrogen-bond donors (Lipinski definition) is 1. The lowest BCUT2D eigenvalue weighted by Gasteiger charge is -2.20. The zero-order valence-corrected chi connectivity index (χ0v) is 7.32. The van der Waals surface area contributed by atoms with Crippen LogP contribution < -0.4 is 0 Å². The van der Waals surface area contributed by atoms with E-state index in [9.17, 15) is 4.79 Å². The van der Waals surface area contributed by atoms with Crippen LogP contribution in [-0.4, -0.2) is 22.9 Å². The number of carbonyl (C=O) groups is 1. The molecule has 1 N–H and O–H groups in total. The fourth-order valence-corrected chi connectivity index (χ4v) is 1.53. The average Bonchev–Trinajstić information content (AvgIpc) is 2.67. The van der Waals surface area contributed by atoms with Gasteiger partial charge in [0.1, 0.15) is 11.9 Å². The van der Waals surface area contributed by atoms with Crippen molar-refractivity contribution in [3.63, 3.8) is 0 Å². The summed E-state index contributed by atoms with van der Waals surface area (Å²) in [5.41, 5.74) is 0.518. The Bertz CT molecular complexity index is 290. The summed E-state index contributed by atoms with van der Waals surface area (Å²) < 4.78 is 5.51. The number of aldehydes is 1. The normalized spacial score (nSPS) is 22.9. The number of hydrogen-bond acceptors (Lipinski definition) is 3. The van der Waals surface area contributed by atoms with Crippen molar-refractivity contribution in [2.24, 2.45) is 0 Å². The van der Waals surface area contributed by atoms with Crippen molar-refractivity contribution in [3.8, 4) is 0 Å². The molecule has 1 aliphatic rings. The van der Waals surface area contributed by atoms with Gasteiger partial charge in [0.05, 0.1) is 11.9 Å². The molecular weight excluding hydrogens is 168 g/mol. The lowest BCUT2D eigenvalue weighted by molar-refractivity contribution is 0.00992. The Morgan fingerprint density at radius 2 is 2.54 bits per heavy atom. The van der Waals surface area contributed by atoms with E-state index < -0.39 is 0 Å². The van der Waals surface area contributed by atoms with Crippen LogP contribution in [0.1, 0.15) is 41.7 Å². The topological polar surface area (TPSA) is 55.0 Å². The number of imidazole rings is 1. The van der Waals surface area contributed by atoms with Crippen LogP contribution in [0.2, 0.25) is 0 Å². The molecule has 1 aromatic rings. The molecule has 0 spiro atoms. The number of rotatable bonds is 2. The predicted octanol–water partition coefficient (Wildman–Crippen LogP) is 1.46. The summed E-state index contributed by atoms with van der Waals surface area (Å²) >= 11 is 0. The number of nitrogens with one attached hydrogen (secondary N) is 1. The highest BCUT2D eigenvalue weighted by Gasteiger charge is 2.18. The summed E-state index contributed by atoms with van der Waals surface area (Å²) in [7, 11) is 0.